The molecule has 1 saturated heterocycles. The zero-order valence-corrected chi connectivity index (χ0v) is 14.8. The molecule has 2 rings (SSSR count). The number of aliphatic imine (C=N–C) groups is 1. The molecule has 0 aliphatic carbocycles. The number of likely N-dealkylation sites (N-methyl/N-ethyl adjacent to an activating group) is 1. The fourth-order valence-corrected chi connectivity index (χ4v) is 2.92. The Bertz CT molecular complexity index is 506. The monoisotopic (exact) mass is 317 g/mol. The highest BCUT2D eigenvalue weighted by molar-refractivity contribution is 5.92. The number of nitrogens with zero attached hydrogens (tertiary/aromatic N) is 3. The number of hydrogen-bond acceptors (Lipinski definition) is 3. The molecular formula is C18H31N5. The third-order valence-corrected chi connectivity index (χ3v) is 4.61. The second-order valence-corrected chi connectivity index (χ2v) is 6.22. The first-order valence-corrected chi connectivity index (χ1v) is 8.74. The number of hydrogen-bond donors (Lipinski definition) is 2. The van der Waals surface area contributed by atoms with Crippen LogP contribution >= 0.6 is 0 Å². The first-order chi connectivity index (χ1) is 11.1. The lowest BCUT2D eigenvalue weighted by atomic mass is 10.1. The molecule has 1 heterocycles. The molecule has 3 N–H and O–H groups in total. The fraction of sp³-hybridized carbons (Fsp3) is 0.611. The predicted octanol–water partition coefficient (Wildman–Crippen LogP) is 2.00. The van der Waals surface area contributed by atoms with E-state index in [0.29, 0.717) is 12.0 Å². The minimum Gasteiger partial charge on any atom is -0.370 e. The Morgan fingerprint density at radius 1 is 1.26 bits per heavy atom. The van der Waals surface area contributed by atoms with Crippen molar-refractivity contribution in [1.82, 2.24) is 9.80 Å². The summed E-state index contributed by atoms with van der Waals surface area (Å²) in [6.45, 7) is 13.0. The molecule has 1 aromatic rings. The highest BCUT2D eigenvalue weighted by Crippen LogP contribution is 2.11. The van der Waals surface area contributed by atoms with Crippen LogP contribution in [0.2, 0.25) is 0 Å². The standard InChI is InChI=1S/C18H31N5/c1-4-16-7-6-8-17(13-16)21-18(19)20-14-15(3)23-11-9-22(5-2)10-12-23/h6-8,13,15H,4-5,9-12,14H2,1-3H3,(H3,19,20,21). The van der Waals surface area contributed by atoms with Crippen LogP contribution < -0.4 is 11.1 Å². The van der Waals surface area contributed by atoms with Gasteiger partial charge in [0.15, 0.2) is 5.96 Å². The smallest absolute Gasteiger partial charge is 0.193 e. The van der Waals surface area contributed by atoms with E-state index in [2.05, 4.69) is 53.0 Å². The van der Waals surface area contributed by atoms with Crippen LogP contribution in [-0.4, -0.2) is 61.1 Å². The van der Waals surface area contributed by atoms with Gasteiger partial charge in [0.2, 0.25) is 0 Å². The highest BCUT2D eigenvalue weighted by atomic mass is 15.3. The fourth-order valence-electron chi connectivity index (χ4n) is 2.92. The molecule has 0 spiro atoms. The van der Waals surface area contributed by atoms with Crippen LogP contribution in [0.25, 0.3) is 0 Å². The van der Waals surface area contributed by atoms with Crippen LogP contribution in [0.5, 0.6) is 0 Å². The minimum atomic E-state index is 0.427. The van der Waals surface area contributed by atoms with Gasteiger partial charge >= 0.3 is 0 Å². The molecule has 0 aromatic heterocycles. The maximum atomic E-state index is 6.03. The van der Waals surface area contributed by atoms with Crippen molar-refractivity contribution in [3.8, 4) is 0 Å². The Balaban J connectivity index is 1.81. The van der Waals surface area contributed by atoms with Crippen LogP contribution in [0.1, 0.15) is 26.3 Å². The number of nitrogens with one attached hydrogen (secondary N) is 1. The average Bonchev–Trinajstić information content (AvgIpc) is 2.60. The first kappa shape index (κ1) is 17.8. The van der Waals surface area contributed by atoms with E-state index < -0.39 is 0 Å². The van der Waals surface area contributed by atoms with E-state index in [1.54, 1.807) is 0 Å². The number of guanidine groups is 1. The summed E-state index contributed by atoms with van der Waals surface area (Å²) in [5.41, 5.74) is 8.34. The van der Waals surface area contributed by atoms with Gasteiger partial charge in [0, 0.05) is 37.9 Å². The lowest BCUT2D eigenvalue weighted by molar-refractivity contribution is 0.109. The molecule has 1 aromatic carbocycles. The van der Waals surface area contributed by atoms with Gasteiger partial charge in [0.1, 0.15) is 0 Å². The van der Waals surface area contributed by atoms with Gasteiger partial charge in [0.25, 0.3) is 0 Å². The Labute approximate surface area is 140 Å². The van der Waals surface area contributed by atoms with Gasteiger partial charge in [-0.1, -0.05) is 26.0 Å². The van der Waals surface area contributed by atoms with Crippen LogP contribution in [0, 0.1) is 0 Å². The van der Waals surface area contributed by atoms with Gasteiger partial charge in [-0.15, -0.1) is 0 Å². The van der Waals surface area contributed by atoms with Crippen LogP contribution in [0.4, 0.5) is 5.69 Å². The van der Waals surface area contributed by atoms with Gasteiger partial charge in [-0.05, 0) is 37.6 Å². The zero-order chi connectivity index (χ0) is 16.7. The van der Waals surface area contributed by atoms with Crippen LogP contribution in [-0.2, 0) is 6.42 Å². The predicted molar refractivity (Wildman–Crippen MR) is 99.1 cm³/mol. The SMILES string of the molecule is CCc1cccc(NC(N)=NCC(C)N2CCN(CC)CC2)c1. The summed E-state index contributed by atoms with van der Waals surface area (Å²) in [5, 5.41) is 3.19. The molecule has 1 fully saturated rings. The summed E-state index contributed by atoms with van der Waals surface area (Å²) >= 11 is 0. The molecule has 1 atom stereocenters. The topological polar surface area (TPSA) is 56.9 Å². The molecule has 0 saturated carbocycles. The minimum absolute atomic E-state index is 0.427. The molecule has 0 bridgehead atoms. The summed E-state index contributed by atoms with van der Waals surface area (Å²) < 4.78 is 0. The summed E-state index contributed by atoms with van der Waals surface area (Å²) in [6, 6.07) is 8.74. The zero-order valence-electron chi connectivity index (χ0n) is 14.8. The lowest BCUT2D eigenvalue weighted by Crippen LogP contribution is -2.50. The third-order valence-electron chi connectivity index (χ3n) is 4.61. The molecule has 5 heteroatoms. The van der Waals surface area contributed by atoms with E-state index in [0.717, 1.165) is 51.4 Å². The number of rotatable bonds is 6. The maximum absolute atomic E-state index is 6.03. The first-order valence-electron chi connectivity index (χ1n) is 8.74. The molecule has 128 valence electrons. The summed E-state index contributed by atoms with van der Waals surface area (Å²) in [5.74, 6) is 0.497. The van der Waals surface area contributed by atoms with Crippen molar-refractivity contribution in [3.63, 3.8) is 0 Å². The van der Waals surface area contributed by atoms with Gasteiger partial charge in [0.05, 0.1) is 6.54 Å². The highest BCUT2D eigenvalue weighted by Gasteiger charge is 2.19. The molecular weight excluding hydrogens is 286 g/mol. The molecule has 0 radical (unpaired) electrons. The molecule has 23 heavy (non-hydrogen) atoms. The molecule has 5 nitrogen and oxygen atoms in total. The number of aryl methyl sites for hydroxylation is 1. The third kappa shape index (κ3) is 5.52. The van der Waals surface area contributed by atoms with Gasteiger partial charge < -0.3 is 16.0 Å². The second kappa shape index (κ2) is 8.89. The van der Waals surface area contributed by atoms with Gasteiger partial charge in [-0.2, -0.15) is 0 Å². The Hall–Kier alpha value is -1.59. The normalized spacial score (nSPS) is 18.8. The summed E-state index contributed by atoms with van der Waals surface area (Å²) in [6.07, 6.45) is 1.02. The number of benzene rings is 1. The van der Waals surface area contributed by atoms with Crippen molar-refractivity contribution in [1.29, 1.82) is 0 Å². The quantitative estimate of drug-likeness (QED) is 0.622. The maximum Gasteiger partial charge on any atom is 0.193 e. The van der Waals surface area contributed by atoms with E-state index >= 15 is 0 Å². The molecule has 1 aliphatic rings. The molecule has 1 aliphatic heterocycles. The summed E-state index contributed by atoms with van der Waals surface area (Å²) in [4.78, 5) is 9.51. The van der Waals surface area contributed by atoms with E-state index in [1.165, 1.54) is 5.56 Å². The lowest BCUT2D eigenvalue weighted by Gasteiger charge is -2.37. The van der Waals surface area contributed by atoms with E-state index in [4.69, 9.17) is 5.73 Å². The van der Waals surface area contributed by atoms with E-state index in [1.807, 2.05) is 12.1 Å². The van der Waals surface area contributed by atoms with Crippen molar-refractivity contribution >= 4 is 11.6 Å². The number of nitrogens with two attached hydrogens (primary N) is 1. The Kier molecular flexibility index (Phi) is 6.86. The van der Waals surface area contributed by atoms with Crippen LogP contribution in [0.15, 0.2) is 29.3 Å². The van der Waals surface area contributed by atoms with Crippen molar-refractivity contribution in [2.45, 2.75) is 33.2 Å². The average molecular weight is 317 g/mol. The molecule has 1 unspecified atom stereocenters. The van der Waals surface area contributed by atoms with Crippen molar-refractivity contribution < 1.29 is 0 Å². The molecule has 0 amide bonds. The van der Waals surface area contributed by atoms with Gasteiger partial charge in [-0.25, -0.2) is 0 Å². The second-order valence-electron chi connectivity index (χ2n) is 6.22. The van der Waals surface area contributed by atoms with Crippen LogP contribution in [0.3, 0.4) is 0 Å². The Morgan fingerprint density at radius 2 is 2.00 bits per heavy atom. The van der Waals surface area contributed by atoms with E-state index in [-0.39, 0.29) is 0 Å². The van der Waals surface area contributed by atoms with Gasteiger partial charge in [-0.3, -0.25) is 9.89 Å². The largest absolute Gasteiger partial charge is 0.370 e. The number of anilines is 1. The number of piperazine rings is 1. The van der Waals surface area contributed by atoms with Crippen molar-refractivity contribution in [3.05, 3.63) is 29.8 Å². The van der Waals surface area contributed by atoms with E-state index in [9.17, 15) is 0 Å². The van der Waals surface area contributed by atoms with Crippen molar-refractivity contribution in [2.75, 3.05) is 44.6 Å². The summed E-state index contributed by atoms with van der Waals surface area (Å²) in [7, 11) is 0. The Morgan fingerprint density at radius 3 is 2.65 bits per heavy atom. The van der Waals surface area contributed by atoms with Crippen molar-refractivity contribution in [2.24, 2.45) is 10.7 Å².